The van der Waals surface area contributed by atoms with Crippen LogP contribution in [0, 0.1) is 22.7 Å². The van der Waals surface area contributed by atoms with Gasteiger partial charge in [0.2, 0.25) is 0 Å². The second-order valence-corrected chi connectivity index (χ2v) is 17.6. The first-order valence-corrected chi connectivity index (χ1v) is 22.3. The molecule has 1 amide bonds. The molecule has 0 saturated heterocycles. The number of anilines is 1. The van der Waals surface area contributed by atoms with Crippen LogP contribution in [-0.2, 0) is 19.8 Å². The number of benzene rings is 6. The van der Waals surface area contributed by atoms with Crippen molar-refractivity contribution in [3.63, 3.8) is 0 Å². The summed E-state index contributed by atoms with van der Waals surface area (Å²) in [4.78, 5) is 49.6. The van der Waals surface area contributed by atoms with E-state index in [1.165, 1.54) is 47.0 Å². The number of nitrogens with one attached hydrogen (secondary N) is 1. The topological polar surface area (TPSA) is 187 Å². The van der Waals surface area contributed by atoms with Crippen molar-refractivity contribution < 1.29 is 47.3 Å². The maximum absolute atomic E-state index is 13.6. The molecule has 1 atom stereocenters. The predicted octanol–water partition coefficient (Wildman–Crippen LogP) is 9.59. The molecule has 8 aromatic rings. The number of para-hydroxylation sites is 3. The Bertz CT molecular complexity index is 3390. The number of aromatic nitrogens is 2. The van der Waals surface area contributed by atoms with Crippen LogP contribution in [0.25, 0.3) is 32.9 Å². The zero-order chi connectivity index (χ0) is 47.6. The average Bonchev–Trinajstić information content (AvgIpc) is 3.88. The minimum absolute atomic E-state index is 0.00982. The third-order valence-electron chi connectivity index (χ3n) is 11.2. The van der Waals surface area contributed by atoms with Gasteiger partial charge in [-0.15, -0.1) is 0 Å². The summed E-state index contributed by atoms with van der Waals surface area (Å²) < 4.78 is 51.1. The molecule has 1 unspecified atom stereocenters. The van der Waals surface area contributed by atoms with Crippen LogP contribution in [0.3, 0.4) is 0 Å². The van der Waals surface area contributed by atoms with Crippen molar-refractivity contribution in [3.05, 3.63) is 184 Å². The fourth-order valence-corrected chi connectivity index (χ4v) is 10.1. The molecule has 0 saturated carbocycles. The number of carbonyl (C=O) groups excluding carboxylic acids is 2. The van der Waals surface area contributed by atoms with E-state index in [9.17, 15) is 42.6 Å². The molecule has 1 radical (unpaired) electrons. The molecule has 1 aliphatic rings. The van der Waals surface area contributed by atoms with Gasteiger partial charge in [0.15, 0.2) is 0 Å². The standard InChI is InChI=1S/C26H18AsN2O4.C25H16F3N3O3/c28-15-16-9-10-21(20(13-16)26(31)32)27-25(30)22-14-17-5-4-8-19-23(11-12-29(22)24(17)19)33-18-6-2-1-3-7-18;1-31-21(23(32)30-20-10-9-14(13-29)11-18(20)24(33)34)12-15-5-4-7-17(22(15)31)16-6-2-3-8-19(16)25(26,27)28/h1-10,13-14,23H,11-12H2,(H,31,32);2-12H,1H3,(H,30,32)(H,33,34). The molecule has 67 heavy (non-hydrogen) atoms. The number of ether oxygens (including phenoxy) is 1. The summed E-state index contributed by atoms with van der Waals surface area (Å²) in [5.74, 6) is -2.30. The van der Waals surface area contributed by atoms with E-state index in [0.29, 0.717) is 33.1 Å². The Morgan fingerprint density at radius 3 is 2.01 bits per heavy atom. The Balaban J connectivity index is 0.000000182. The fraction of sp³-hybridized carbons (Fsp3) is 0.0980. The van der Waals surface area contributed by atoms with E-state index in [2.05, 4.69) is 5.32 Å². The van der Waals surface area contributed by atoms with Crippen LogP contribution in [0.1, 0.15) is 76.5 Å². The second kappa shape index (κ2) is 18.6. The number of nitrogens with zero attached hydrogens (tertiary/aromatic N) is 4. The van der Waals surface area contributed by atoms with Crippen molar-refractivity contribution >= 4 is 70.0 Å². The SMILES string of the molecule is Cn1c(C(=O)Nc2ccc(C#N)cc2C(=O)O)cc2cccc(-c3ccccc3C(F)(F)F)c21.N#Cc1ccc([As]C(=O)c2cc3cccc4c3n2CCC4Oc2ccccc2)c(C(=O)O)c1. The Morgan fingerprint density at radius 1 is 0.716 bits per heavy atom. The number of halogens is 3. The molecular formula is C51H34AsF3N5O7. The van der Waals surface area contributed by atoms with E-state index in [1.54, 1.807) is 37.4 Å². The number of fused-ring (bicyclic) bond motifs is 1. The Kier molecular flexibility index (Phi) is 12.5. The van der Waals surface area contributed by atoms with Gasteiger partial charge in [-0.2, -0.15) is 18.4 Å². The number of carboxylic acid groups (broad SMARTS) is 2. The molecule has 0 aliphatic carbocycles. The maximum atomic E-state index is 13.6. The monoisotopic (exact) mass is 960 g/mol. The van der Waals surface area contributed by atoms with Crippen molar-refractivity contribution in [2.45, 2.75) is 25.2 Å². The van der Waals surface area contributed by atoms with Crippen LogP contribution < -0.4 is 14.4 Å². The van der Waals surface area contributed by atoms with Crippen LogP contribution in [0.5, 0.6) is 5.75 Å². The average molecular weight is 961 g/mol. The number of carbonyl (C=O) groups is 4. The molecule has 3 heterocycles. The van der Waals surface area contributed by atoms with Crippen molar-refractivity contribution in [2.24, 2.45) is 7.05 Å². The number of hydrogen-bond donors (Lipinski definition) is 3. The van der Waals surface area contributed by atoms with E-state index in [-0.39, 0.29) is 49.9 Å². The van der Waals surface area contributed by atoms with Gasteiger partial charge in [-0.1, -0.05) is 36.4 Å². The molecule has 0 bridgehead atoms. The van der Waals surface area contributed by atoms with Crippen LogP contribution in [0.15, 0.2) is 140 Å². The third kappa shape index (κ3) is 9.14. The quantitative estimate of drug-likeness (QED) is 0.112. The molecule has 331 valence electrons. The zero-order valence-electron chi connectivity index (χ0n) is 35.1. The van der Waals surface area contributed by atoms with Crippen LogP contribution >= 0.6 is 0 Å². The molecule has 12 nitrogen and oxygen atoms in total. The van der Waals surface area contributed by atoms with Crippen molar-refractivity contribution in [1.29, 1.82) is 10.5 Å². The number of amides is 1. The first kappa shape index (κ1) is 45.2. The summed E-state index contributed by atoms with van der Waals surface area (Å²) in [6.07, 6.45) is -3.94. The third-order valence-corrected chi connectivity index (χ3v) is 13.4. The molecule has 9 rings (SSSR count). The van der Waals surface area contributed by atoms with Gasteiger partial charge in [0.1, 0.15) is 5.69 Å². The molecule has 0 fully saturated rings. The number of hydrogen-bond acceptors (Lipinski definition) is 7. The van der Waals surface area contributed by atoms with Gasteiger partial charge in [-0.05, 0) is 35.9 Å². The van der Waals surface area contributed by atoms with E-state index in [0.717, 1.165) is 40.8 Å². The van der Waals surface area contributed by atoms with Crippen molar-refractivity contribution in [3.8, 4) is 29.0 Å². The molecule has 1 aliphatic heterocycles. The van der Waals surface area contributed by atoms with Crippen LogP contribution in [0.2, 0.25) is 0 Å². The van der Waals surface area contributed by atoms with Gasteiger partial charge >= 0.3 is 209 Å². The van der Waals surface area contributed by atoms with Crippen LogP contribution in [0.4, 0.5) is 18.9 Å². The van der Waals surface area contributed by atoms with E-state index >= 15 is 0 Å². The normalized spacial score (nSPS) is 13.1. The minimum atomic E-state index is -4.56. The molecular weight excluding hydrogens is 927 g/mol. The second-order valence-electron chi connectivity index (χ2n) is 15.2. The number of carboxylic acids is 2. The van der Waals surface area contributed by atoms with Crippen LogP contribution in [-0.4, -0.2) is 57.5 Å². The van der Waals surface area contributed by atoms with E-state index in [4.69, 9.17) is 15.3 Å². The summed E-state index contributed by atoms with van der Waals surface area (Å²) in [7, 11) is 1.55. The Labute approximate surface area is 386 Å². The Morgan fingerprint density at radius 2 is 1.33 bits per heavy atom. The summed E-state index contributed by atoms with van der Waals surface area (Å²) in [6.45, 7) is 0.638. The fourth-order valence-electron chi connectivity index (χ4n) is 8.15. The number of rotatable bonds is 10. The molecule has 3 N–H and O–H groups in total. The summed E-state index contributed by atoms with van der Waals surface area (Å²) >= 11 is -1.09. The van der Waals surface area contributed by atoms with E-state index in [1.807, 2.05) is 71.3 Å². The van der Waals surface area contributed by atoms with Gasteiger partial charge in [0.05, 0.1) is 34.0 Å². The van der Waals surface area contributed by atoms with Gasteiger partial charge in [0, 0.05) is 18.0 Å². The number of alkyl halides is 3. The summed E-state index contributed by atoms with van der Waals surface area (Å²) in [5.41, 5.74) is 2.80. The van der Waals surface area contributed by atoms with Crippen molar-refractivity contribution in [1.82, 2.24) is 9.13 Å². The Hall–Kier alpha value is -8.39. The predicted molar refractivity (Wildman–Crippen MR) is 244 cm³/mol. The summed E-state index contributed by atoms with van der Waals surface area (Å²) in [5, 5.41) is 41.1. The van der Waals surface area contributed by atoms with Crippen molar-refractivity contribution in [2.75, 3.05) is 5.32 Å². The number of aryl methyl sites for hydroxylation is 2. The molecule has 16 heteroatoms. The number of aromatic carboxylic acids is 2. The summed E-state index contributed by atoms with van der Waals surface area (Å²) in [6, 6.07) is 41.3. The molecule has 0 spiro atoms. The zero-order valence-corrected chi connectivity index (χ0v) is 37.0. The van der Waals surface area contributed by atoms with Gasteiger partial charge in [-0.3, -0.25) is 4.79 Å². The number of nitriles is 2. The van der Waals surface area contributed by atoms with Gasteiger partial charge < -0.3 is 15.0 Å². The molecule has 2 aromatic heterocycles. The van der Waals surface area contributed by atoms with E-state index < -0.39 is 45.3 Å². The van der Waals surface area contributed by atoms with Gasteiger partial charge in [-0.25, -0.2) is 4.79 Å². The first-order chi connectivity index (χ1) is 32.2. The first-order valence-electron chi connectivity index (χ1n) is 20.4. The van der Waals surface area contributed by atoms with Gasteiger partial charge in [0.25, 0.3) is 5.91 Å². The molecule has 6 aromatic carbocycles.